The maximum Gasteiger partial charge on any atom is 0.329 e. The van der Waals surface area contributed by atoms with Gasteiger partial charge in [-0.15, -0.1) is 0 Å². The smallest absolute Gasteiger partial charge is 0.329 e. The van der Waals surface area contributed by atoms with E-state index in [1.165, 1.54) is 6.92 Å². The predicted molar refractivity (Wildman–Crippen MR) is 58.6 cm³/mol. The van der Waals surface area contributed by atoms with E-state index in [9.17, 15) is 14.7 Å². The van der Waals surface area contributed by atoms with Crippen molar-refractivity contribution in [2.75, 3.05) is 0 Å². The van der Waals surface area contributed by atoms with Crippen molar-refractivity contribution in [3.63, 3.8) is 0 Å². The fraction of sp³-hybridized carbons (Fsp3) is 0.818. The molecule has 88 valence electrons. The Morgan fingerprint density at radius 1 is 1.20 bits per heavy atom. The van der Waals surface area contributed by atoms with Crippen LogP contribution in [0.3, 0.4) is 0 Å². The maximum atomic E-state index is 11.2. The Morgan fingerprint density at radius 3 is 2.13 bits per heavy atom. The van der Waals surface area contributed by atoms with E-state index in [1.54, 1.807) is 0 Å². The van der Waals surface area contributed by atoms with E-state index in [0.717, 1.165) is 19.3 Å². The highest BCUT2D eigenvalue weighted by Crippen LogP contribution is 2.21. The number of carboxylic acid groups (broad SMARTS) is 1. The van der Waals surface area contributed by atoms with Gasteiger partial charge in [-0.25, -0.2) is 4.79 Å². The highest BCUT2D eigenvalue weighted by Gasteiger charge is 2.37. The van der Waals surface area contributed by atoms with Gasteiger partial charge in [0.25, 0.3) is 0 Å². The Kier molecular flexibility index (Phi) is 5.97. The van der Waals surface area contributed by atoms with Gasteiger partial charge in [0.05, 0.1) is 0 Å². The van der Waals surface area contributed by atoms with Crippen LogP contribution in [0.5, 0.6) is 0 Å². The first-order chi connectivity index (χ1) is 6.98. The van der Waals surface area contributed by atoms with Gasteiger partial charge in [-0.1, -0.05) is 33.1 Å². The van der Waals surface area contributed by atoms with Crippen LogP contribution in [0.1, 0.15) is 52.9 Å². The van der Waals surface area contributed by atoms with Crippen LogP contribution in [-0.2, 0) is 9.59 Å². The first-order valence-electron chi connectivity index (χ1n) is 5.50. The monoisotopic (exact) mass is 215 g/mol. The van der Waals surface area contributed by atoms with E-state index in [2.05, 4.69) is 5.32 Å². The van der Waals surface area contributed by atoms with Crippen LogP contribution in [0, 0.1) is 0 Å². The van der Waals surface area contributed by atoms with Gasteiger partial charge in [-0.05, 0) is 12.8 Å². The highest BCUT2D eigenvalue weighted by atomic mass is 16.4. The molecule has 4 heteroatoms. The van der Waals surface area contributed by atoms with Crippen molar-refractivity contribution in [1.29, 1.82) is 0 Å². The first kappa shape index (κ1) is 13.9. The summed E-state index contributed by atoms with van der Waals surface area (Å²) in [6.45, 7) is 5.29. The van der Waals surface area contributed by atoms with E-state index in [1.807, 2.05) is 13.8 Å². The largest absolute Gasteiger partial charge is 0.480 e. The van der Waals surface area contributed by atoms with Gasteiger partial charge in [-0.3, -0.25) is 4.79 Å². The molecule has 0 aromatic carbocycles. The molecule has 0 bridgehead atoms. The molecule has 4 nitrogen and oxygen atoms in total. The number of carboxylic acids is 1. The van der Waals surface area contributed by atoms with Crippen LogP contribution in [0.4, 0.5) is 0 Å². The number of carbonyl (C=O) groups excluding carboxylic acids is 1. The molecule has 0 aromatic heterocycles. The van der Waals surface area contributed by atoms with Gasteiger partial charge in [0, 0.05) is 6.92 Å². The number of rotatable bonds is 7. The second kappa shape index (κ2) is 6.43. The summed E-state index contributed by atoms with van der Waals surface area (Å²) < 4.78 is 0. The van der Waals surface area contributed by atoms with Crippen molar-refractivity contribution in [3.8, 4) is 0 Å². The molecule has 1 atom stereocenters. The molecule has 0 aromatic rings. The van der Waals surface area contributed by atoms with E-state index in [-0.39, 0.29) is 5.91 Å². The summed E-state index contributed by atoms with van der Waals surface area (Å²) in [6.07, 6.45) is 3.48. The van der Waals surface area contributed by atoms with Gasteiger partial charge >= 0.3 is 5.97 Å². The Morgan fingerprint density at radius 2 is 1.80 bits per heavy atom. The van der Waals surface area contributed by atoms with Crippen molar-refractivity contribution in [3.05, 3.63) is 0 Å². The molecule has 0 saturated heterocycles. The molecule has 1 unspecified atom stereocenters. The van der Waals surface area contributed by atoms with Gasteiger partial charge in [0.1, 0.15) is 5.54 Å². The molecule has 0 aliphatic carbocycles. The highest BCUT2D eigenvalue weighted by molar-refractivity contribution is 5.85. The first-order valence-corrected chi connectivity index (χ1v) is 5.50. The number of nitrogens with one attached hydrogen (secondary N) is 1. The van der Waals surface area contributed by atoms with Crippen LogP contribution in [-0.4, -0.2) is 22.5 Å². The third-order valence-electron chi connectivity index (χ3n) is 2.46. The molecular weight excluding hydrogens is 194 g/mol. The summed E-state index contributed by atoms with van der Waals surface area (Å²) in [5.74, 6) is -1.20. The van der Waals surface area contributed by atoms with Gasteiger partial charge < -0.3 is 10.4 Å². The maximum absolute atomic E-state index is 11.2. The van der Waals surface area contributed by atoms with Gasteiger partial charge in [0.15, 0.2) is 0 Å². The zero-order valence-corrected chi connectivity index (χ0v) is 9.80. The molecule has 0 rings (SSSR count). The molecule has 1 amide bonds. The fourth-order valence-corrected chi connectivity index (χ4v) is 1.76. The lowest BCUT2D eigenvalue weighted by molar-refractivity contribution is -0.148. The molecular formula is C11H21NO3. The second-order valence-corrected chi connectivity index (χ2v) is 3.92. The summed E-state index contributed by atoms with van der Waals surface area (Å²) in [6, 6.07) is 0. The summed E-state index contributed by atoms with van der Waals surface area (Å²) in [4.78, 5) is 22.3. The summed E-state index contributed by atoms with van der Waals surface area (Å²) in [5, 5.41) is 11.8. The SMILES string of the molecule is CCCCC(CCC)(NC(C)=O)C(=O)O. The van der Waals surface area contributed by atoms with Crippen LogP contribution in [0.25, 0.3) is 0 Å². The Labute approximate surface area is 91.1 Å². The molecule has 0 spiro atoms. The fourth-order valence-electron chi connectivity index (χ4n) is 1.76. The number of unbranched alkanes of at least 4 members (excludes halogenated alkanes) is 1. The van der Waals surface area contributed by atoms with Crippen LogP contribution < -0.4 is 5.32 Å². The van der Waals surface area contributed by atoms with Crippen LogP contribution in [0.15, 0.2) is 0 Å². The van der Waals surface area contributed by atoms with E-state index < -0.39 is 11.5 Å². The number of carbonyl (C=O) groups is 2. The lowest BCUT2D eigenvalue weighted by atomic mass is 9.88. The van der Waals surface area contributed by atoms with Crippen molar-refractivity contribution in [1.82, 2.24) is 5.32 Å². The Bertz CT molecular complexity index is 228. The molecule has 15 heavy (non-hydrogen) atoms. The van der Waals surface area contributed by atoms with E-state index in [4.69, 9.17) is 0 Å². The van der Waals surface area contributed by atoms with Crippen molar-refractivity contribution < 1.29 is 14.7 Å². The average Bonchev–Trinajstić information content (AvgIpc) is 2.13. The molecule has 2 N–H and O–H groups in total. The third kappa shape index (κ3) is 4.32. The van der Waals surface area contributed by atoms with E-state index >= 15 is 0 Å². The number of hydrogen-bond donors (Lipinski definition) is 2. The standard InChI is InChI=1S/C11H21NO3/c1-4-6-8-11(7-5-2,10(14)15)12-9(3)13/h4-8H2,1-3H3,(H,12,13)(H,14,15). The zero-order valence-electron chi connectivity index (χ0n) is 9.80. The summed E-state index contributed by atoms with van der Waals surface area (Å²) in [7, 11) is 0. The predicted octanol–water partition coefficient (Wildman–Crippen LogP) is 1.94. The minimum atomic E-state index is -1.06. The molecule has 0 fully saturated rings. The summed E-state index contributed by atoms with van der Waals surface area (Å²) in [5.41, 5.74) is -1.06. The normalized spacial score (nSPS) is 14.3. The van der Waals surface area contributed by atoms with Gasteiger partial charge in [-0.2, -0.15) is 0 Å². The Hall–Kier alpha value is -1.06. The topological polar surface area (TPSA) is 66.4 Å². The molecule has 0 saturated carbocycles. The third-order valence-corrected chi connectivity index (χ3v) is 2.46. The minimum absolute atomic E-state index is 0.276. The lowest BCUT2D eigenvalue weighted by Crippen LogP contribution is -2.53. The van der Waals surface area contributed by atoms with Crippen LogP contribution >= 0.6 is 0 Å². The van der Waals surface area contributed by atoms with Crippen molar-refractivity contribution >= 4 is 11.9 Å². The lowest BCUT2D eigenvalue weighted by Gasteiger charge is -2.29. The van der Waals surface area contributed by atoms with Gasteiger partial charge in [0.2, 0.25) is 5.91 Å². The minimum Gasteiger partial charge on any atom is -0.480 e. The van der Waals surface area contributed by atoms with Crippen molar-refractivity contribution in [2.24, 2.45) is 0 Å². The summed E-state index contributed by atoms with van der Waals surface area (Å²) >= 11 is 0. The van der Waals surface area contributed by atoms with E-state index in [0.29, 0.717) is 12.8 Å². The Balaban J connectivity index is 4.71. The zero-order chi connectivity index (χ0) is 11.9. The van der Waals surface area contributed by atoms with Crippen molar-refractivity contribution in [2.45, 2.75) is 58.4 Å². The van der Waals surface area contributed by atoms with Crippen LogP contribution in [0.2, 0.25) is 0 Å². The second-order valence-electron chi connectivity index (χ2n) is 3.92. The number of hydrogen-bond acceptors (Lipinski definition) is 2. The quantitative estimate of drug-likeness (QED) is 0.682. The molecule has 0 aliphatic heterocycles. The molecule has 0 heterocycles. The molecule has 0 radical (unpaired) electrons. The number of aliphatic carboxylic acids is 1. The number of amides is 1. The molecule has 0 aliphatic rings. The average molecular weight is 215 g/mol.